The third-order valence-electron chi connectivity index (χ3n) is 3.81. The Morgan fingerprint density at radius 2 is 2.00 bits per heavy atom. The number of aromatic nitrogens is 4. The van der Waals surface area contributed by atoms with Gasteiger partial charge < -0.3 is 9.30 Å². The van der Waals surface area contributed by atoms with Gasteiger partial charge in [-0.3, -0.25) is 19.5 Å². The minimum absolute atomic E-state index is 0.0383. The first-order chi connectivity index (χ1) is 12.0. The van der Waals surface area contributed by atoms with Gasteiger partial charge in [-0.1, -0.05) is 12.1 Å². The van der Waals surface area contributed by atoms with E-state index in [-0.39, 0.29) is 11.5 Å². The van der Waals surface area contributed by atoms with Gasteiger partial charge in [0.2, 0.25) is 5.95 Å². The van der Waals surface area contributed by atoms with Crippen molar-refractivity contribution in [2.24, 2.45) is 7.05 Å². The molecule has 0 spiro atoms. The van der Waals surface area contributed by atoms with Gasteiger partial charge in [-0.2, -0.15) is 0 Å². The second-order valence-corrected chi connectivity index (χ2v) is 5.44. The number of ether oxygens (including phenoxy) is 1. The van der Waals surface area contributed by atoms with Gasteiger partial charge in [0.15, 0.2) is 0 Å². The van der Waals surface area contributed by atoms with Crippen LogP contribution in [0, 0.1) is 6.92 Å². The van der Waals surface area contributed by atoms with Crippen molar-refractivity contribution in [1.29, 1.82) is 0 Å². The number of benzene rings is 1. The summed E-state index contributed by atoms with van der Waals surface area (Å²) in [5, 5.41) is 10.1. The van der Waals surface area contributed by atoms with Crippen molar-refractivity contribution in [2.75, 3.05) is 12.4 Å². The number of anilines is 1. The summed E-state index contributed by atoms with van der Waals surface area (Å²) in [6, 6.07) is 8.81. The summed E-state index contributed by atoms with van der Waals surface area (Å²) in [4.78, 5) is 25.5. The van der Waals surface area contributed by atoms with Crippen LogP contribution < -0.4 is 15.6 Å². The molecule has 2 heterocycles. The maximum Gasteiger partial charge on any atom is 0.268 e. The topological polar surface area (TPSA) is 91.0 Å². The summed E-state index contributed by atoms with van der Waals surface area (Å²) in [5.41, 5.74) is 0.721. The van der Waals surface area contributed by atoms with E-state index < -0.39 is 11.5 Å². The molecule has 25 heavy (non-hydrogen) atoms. The lowest BCUT2D eigenvalue weighted by molar-refractivity contribution is 0.102. The zero-order valence-electron chi connectivity index (χ0n) is 14.1. The first-order valence-corrected chi connectivity index (χ1v) is 7.54. The van der Waals surface area contributed by atoms with Crippen molar-refractivity contribution < 1.29 is 9.53 Å². The smallest absolute Gasteiger partial charge is 0.268 e. The van der Waals surface area contributed by atoms with Crippen molar-refractivity contribution in [3.63, 3.8) is 0 Å². The highest BCUT2D eigenvalue weighted by molar-refractivity contribution is 6.04. The van der Waals surface area contributed by atoms with Crippen LogP contribution >= 0.6 is 0 Å². The van der Waals surface area contributed by atoms with Crippen LogP contribution in [0.3, 0.4) is 0 Å². The minimum Gasteiger partial charge on any atom is -0.495 e. The molecule has 3 aromatic rings. The third-order valence-corrected chi connectivity index (χ3v) is 3.81. The molecule has 1 amide bonds. The number of carbonyl (C=O) groups is 1. The molecule has 0 saturated carbocycles. The summed E-state index contributed by atoms with van der Waals surface area (Å²) in [6.07, 6.45) is 3.08. The molecule has 0 bridgehead atoms. The molecule has 0 radical (unpaired) electrons. The van der Waals surface area contributed by atoms with Gasteiger partial charge in [-0.05, 0) is 30.7 Å². The zero-order chi connectivity index (χ0) is 18.0. The molecule has 0 aliphatic rings. The fraction of sp³-hybridized carbons (Fsp3) is 0.176. The van der Waals surface area contributed by atoms with Crippen LogP contribution in [0.2, 0.25) is 0 Å². The molecule has 128 valence electrons. The van der Waals surface area contributed by atoms with Gasteiger partial charge in [0, 0.05) is 13.2 Å². The normalized spacial score (nSPS) is 10.5. The molecule has 8 nitrogen and oxygen atoms in total. The van der Waals surface area contributed by atoms with E-state index in [2.05, 4.69) is 15.5 Å². The fourth-order valence-electron chi connectivity index (χ4n) is 2.48. The summed E-state index contributed by atoms with van der Waals surface area (Å²) in [6.45, 7) is 1.71. The lowest BCUT2D eigenvalue weighted by Gasteiger charge is -2.13. The van der Waals surface area contributed by atoms with Crippen LogP contribution in [0.15, 0.2) is 47.7 Å². The molecular weight excluding hydrogens is 322 g/mol. The van der Waals surface area contributed by atoms with E-state index in [0.29, 0.717) is 17.0 Å². The quantitative estimate of drug-likeness (QED) is 0.778. The van der Waals surface area contributed by atoms with Crippen LogP contribution in [0.25, 0.3) is 5.69 Å². The number of nitrogens with one attached hydrogen (secondary N) is 1. The third kappa shape index (κ3) is 3.01. The molecule has 0 fully saturated rings. The lowest BCUT2D eigenvalue weighted by Crippen LogP contribution is -2.30. The van der Waals surface area contributed by atoms with Crippen molar-refractivity contribution >= 4 is 11.9 Å². The molecule has 0 unspecified atom stereocenters. The highest BCUT2D eigenvalue weighted by atomic mass is 16.5. The molecule has 0 saturated heterocycles. The van der Waals surface area contributed by atoms with E-state index in [1.54, 1.807) is 49.0 Å². The minimum atomic E-state index is -0.539. The van der Waals surface area contributed by atoms with Crippen LogP contribution in [-0.4, -0.2) is 32.3 Å². The number of nitrogens with zero attached hydrogens (tertiary/aromatic N) is 4. The van der Waals surface area contributed by atoms with Gasteiger partial charge in [0.05, 0.1) is 12.8 Å². The average molecular weight is 339 g/mol. The van der Waals surface area contributed by atoms with Gasteiger partial charge in [0.25, 0.3) is 11.5 Å². The van der Waals surface area contributed by atoms with E-state index >= 15 is 0 Å². The van der Waals surface area contributed by atoms with E-state index in [9.17, 15) is 9.59 Å². The monoisotopic (exact) mass is 339 g/mol. The second-order valence-electron chi connectivity index (χ2n) is 5.44. The van der Waals surface area contributed by atoms with Gasteiger partial charge in [0.1, 0.15) is 17.6 Å². The number of carbonyl (C=O) groups excluding carboxylic acids is 1. The number of rotatable bonds is 4. The number of pyridine rings is 1. The van der Waals surface area contributed by atoms with Crippen LogP contribution in [0.5, 0.6) is 5.75 Å². The Labute approximate surface area is 143 Å². The van der Waals surface area contributed by atoms with Gasteiger partial charge in [-0.15, -0.1) is 10.2 Å². The Morgan fingerprint density at radius 3 is 2.68 bits per heavy atom. The number of amides is 1. The van der Waals surface area contributed by atoms with Crippen molar-refractivity contribution in [1.82, 2.24) is 19.3 Å². The molecule has 0 aliphatic heterocycles. The molecule has 8 heteroatoms. The summed E-state index contributed by atoms with van der Waals surface area (Å²) < 4.78 is 8.24. The Bertz CT molecular complexity index is 990. The van der Waals surface area contributed by atoms with Gasteiger partial charge >= 0.3 is 0 Å². The largest absolute Gasteiger partial charge is 0.495 e. The van der Waals surface area contributed by atoms with E-state index in [0.717, 1.165) is 0 Å². The SMILES string of the molecule is COc1ccccc1-n1ccc(C)c(C(=O)Nc2nncn2C)c1=O. The molecular formula is C17H17N5O3. The van der Waals surface area contributed by atoms with Crippen molar-refractivity contribution in [2.45, 2.75) is 6.92 Å². The number of para-hydroxylation sites is 2. The summed E-state index contributed by atoms with van der Waals surface area (Å²) in [7, 11) is 3.22. The molecule has 3 rings (SSSR count). The highest BCUT2D eigenvalue weighted by Gasteiger charge is 2.19. The van der Waals surface area contributed by atoms with Crippen LogP contribution in [0.1, 0.15) is 15.9 Å². The Balaban J connectivity index is 2.08. The number of hydrogen-bond donors (Lipinski definition) is 1. The fourth-order valence-corrected chi connectivity index (χ4v) is 2.48. The van der Waals surface area contributed by atoms with E-state index in [1.807, 2.05) is 6.07 Å². The highest BCUT2D eigenvalue weighted by Crippen LogP contribution is 2.21. The predicted octanol–water partition coefficient (Wildman–Crippen LogP) is 1.54. The van der Waals surface area contributed by atoms with Gasteiger partial charge in [-0.25, -0.2) is 0 Å². The first-order valence-electron chi connectivity index (χ1n) is 7.54. The molecule has 2 aromatic heterocycles. The molecule has 0 atom stereocenters. The van der Waals surface area contributed by atoms with E-state index in [1.165, 1.54) is 18.0 Å². The zero-order valence-corrected chi connectivity index (χ0v) is 14.1. The molecule has 1 aromatic carbocycles. The average Bonchev–Trinajstić information content (AvgIpc) is 3.00. The molecule has 1 N–H and O–H groups in total. The number of methoxy groups -OCH3 is 1. The Hall–Kier alpha value is -3.42. The van der Waals surface area contributed by atoms with Crippen LogP contribution in [0.4, 0.5) is 5.95 Å². The van der Waals surface area contributed by atoms with Crippen molar-refractivity contribution in [3.05, 3.63) is 64.3 Å². The first kappa shape index (κ1) is 16.4. The molecule has 0 aliphatic carbocycles. The lowest BCUT2D eigenvalue weighted by atomic mass is 10.1. The standard InChI is InChI=1S/C17H17N5O3/c1-11-8-9-22(12-6-4-5-7-13(12)25-3)16(24)14(11)15(23)19-17-20-18-10-21(17)2/h4-10H,1-3H3,(H,19,20,23). The number of aryl methyl sites for hydroxylation is 2. The Kier molecular flexibility index (Phi) is 4.34. The van der Waals surface area contributed by atoms with Crippen molar-refractivity contribution in [3.8, 4) is 11.4 Å². The second kappa shape index (κ2) is 6.60. The summed E-state index contributed by atoms with van der Waals surface area (Å²) in [5.74, 6) is 0.257. The van der Waals surface area contributed by atoms with Crippen LogP contribution in [-0.2, 0) is 7.05 Å². The summed E-state index contributed by atoms with van der Waals surface area (Å²) >= 11 is 0. The van der Waals surface area contributed by atoms with E-state index in [4.69, 9.17) is 4.74 Å². The Morgan fingerprint density at radius 1 is 1.24 bits per heavy atom. The number of hydrogen-bond acceptors (Lipinski definition) is 5. The maximum atomic E-state index is 12.9. The predicted molar refractivity (Wildman–Crippen MR) is 92.3 cm³/mol. The maximum absolute atomic E-state index is 12.9.